The smallest absolute Gasteiger partial charge is 0.319 e. The average molecular weight is 289 g/mol. The first-order valence-electron chi connectivity index (χ1n) is 6.50. The van der Waals surface area contributed by atoms with Gasteiger partial charge in [-0.05, 0) is 32.0 Å². The highest BCUT2D eigenvalue weighted by atomic mass is 19.1. The van der Waals surface area contributed by atoms with Crippen LogP contribution in [-0.2, 0) is 0 Å². The molecule has 0 fully saturated rings. The third-order valence-corrected chi connectivity index (χ3v) is 2.43. The lowest BCUT2D eigenvalue weighted by Crippen LogP contribution is -2.34. The molecule has 1 aromatic heterocycles. The molecule has 110 valence electrons. The number of nitrogens with one attached hydrogen (secondary N) is 2. The van der Waals surface area contributed by atoms with E-state index in [9.17, 15) is 9.18 Å². The SMILES string of the molecule is CC(C)NC(=O)Nc1ccc(Oc2cccc(F)c2)nc1. The van der Waals surface area contributed by atoms with Gasteiger partial charge < -0.3 is 15.4 Å². The largest absolute Gasteiger partial charge is 0.439 e. The Hall–Kier alpha value is -2.63. The molecule has 6 heteroatoms. The summed E-state index contributed by atoms with van der Waals surface area (Å²) in [6, 6.07) is 8.78. The van der Waals surface area contributed by atoms with E-state index >= 15 is 0 Å². The molecule has 0 saturated heterocycles. The predicted molar refractivity (Wildman–Crippen MR) is 78.0 cm³/mol. The van der Waals surface area contributed by atoms with Gasteiger partial charge in [0.15, 0.2) is 0 Å². The van der Waals surface area contributed by atoms with Crippen molar-refractivity contribution in [3.8, 4) is 11.6 Å². The first kappa shape index (κ1) is 14.8. The number of carbonyl (C=O) groups excluding carboxylic acids is 1. The number of pyridine rings is 1. The molecule has 0 radical (unpaired) electrons. The zero-order valence-electron chi connectivity index (χ0n) is 11.8. The molecular formula is C15H16FN3O2. The molecular weight excluding hydrogens is 273 g/mol. The normalized spacial score (nSPS) is 10.3. The Kier molecular flexibility index (Phi) is 4.71. The Morgan fingerprint density at radius 1 is 1.29 bits per heavy atom. The van der Waals surface area contributed by atoms with Gasteiger partial charge in [-0.25, -0.2) is 14.2 Å². The topological polar surface area (TPSA) is 63.2 Å². The predicted octanol–water partition coefficient (Wildman–Crippen LogP) is 3.54. The highest BCUT2D eigenvalue weighted by Gasteiger charge is 2.05. The van der Waals surface area contributed by atoms with Gasteiger partial charge in [-0.1, -0.05) is 6.07 Å². The van der Waals surface area contributed by atoms with Gasteiger partial charge in [0.2, 0.25) is 5.88 Å². The molecule has 0 atom stereocenters. The Labute approximate surface area is 122 Å². The van der Waals surface area contributed by atoms with Crippen LogP contribution in [0.1, 0.15) is 13.8 Å². The van der Waals surface area contributed by atoms with E-state index in [1.807, 2.05) is 13.8 Å². The van der Waals surface area contributed by atoms with Crippen LogP contribution in [0.3, 0.4) is 0 Å². The number of rotatable bonds is 4. The number of aromatic nitrogens is 1. The summed E-state index contributed by atoms with van der Waals surface area (Å²) >= 11 is 0. The van der Waals surface area contributed by atoms with Crippen LogP contribution >= 0.6 is 0 Å². The molecule has 0 bridgehead atoms. The third kappa shape index (κ3) is 4.76. The van der Waals surface area contributed by atoms with Crippen molar-refractivity contribution < 1.29 is 13.9 Å². The van der Waals surface area contributed by atoms with E-state index in [2.05, 4.69) is 15.6 Å². The summed E-state index contributed by atoms with van der Waals surface area (Å²) in [7, 11) is 0. The zero-order valence-corrected chi connectivity index (χ0v) is 11.8. The van der Waals surface area contributed by atoms with E-state index in [4.69, 9.17) is 4.74 Å². The van der Waals surface area contributed by atoms with Gasteiger partial charge in [-0.3, -0.25) is 0 Å². The second kappa shape index (κ2) is 6.69. The van der Waals surface area contributed by atoms with Crippen molar-refractivity contribution in [2.45, 2.75) is 19.9 Å². The van der Waals surface area contributed by atoms with Crippen LogP contribution in [-0.4, -0.2) is 17.1 Å². The maximum atomic E-state index is 13.0. The highest BCUT2D eigenvalue weighted by Crippen LogP contribution is 2.20. The molecule has 2 amide bonds. The number of ether oxygens (including phenoxy) is 1. The number of urea groups is 1. The van der Waals surface area contributed by atoms with E-state index < -0.39 is 0 Å². The van der Waals surface area contributed by atoms with Gasteiger partial charge in [0, 0.05) is 18.2 Å². The number of amides is 2. The van der Waals surface area contributed by atoms with Crippen molar-refractivity contribution >= 4 is 11.7 Å². The molecule has 2 rings (SSSR count). The van der Waals surface area contributed by atoms with Crippen LogP contribution in [0.15, 0.2) is 42.6 Å². The molecule has 2 N–H and O–H groups in total. The second-order valence-corrected chi connectivity index (χ2v) is 4.70. The Balaban J connectivity index is 1.97. The van der Waals surface area contributed by atoms with Crippen LogP contribution in [0, 0.1) is 5.82 Å². The highest BCUT2D eigenvalue weighted by molar-refractivity contribution is 5.89. The minimum absolute atomic E-state index is 0.0496. The van der Waals surface area contributed by atoms with E-state index in [-0.39, 0.29) is 17.9 Å². The second-order valence-electron chi connectivity index (χ2n) is 4.70. The van der Waals surface area contributed by atoms with E-state index in [1.54, 1.807) is 24.3 Å². The summed E-state index contributed by atoms with van der Waals surface area (Å²) in [5.41, 5.74) is 0.541. The fourth-order valence-electron chi connectivity index (χ4n) is 1.60. The lowest BCUT2D eigenvalue weighted by molar-refractivity contribution is 0.250. The Bertz CT molecular complexity index is 615. The van der Waals surface area contributed by atoms with E-state index in [0.717, 1.165) is 0 Å². The molecule has 0 aliphatic rings. The van der Waals surface area contributed by atoms with Crippen LogP contribution in [0.25, 0.3) is 0 Å². The number of anilines is 1. The van der Waals surface area contributed by atoms with E-state index in [0.29, 0.717) is 17.3 Å². The fourth-order valence-corrected chi connectivity index (χ4v) is 1.60. The van der Waals surface area contributed by atoms with Gasteiger partial charge in [0.05, 0.1) is 11.9 Å². The summed E-state index contributed by atoms with van der Waals surface area (Å²) in [6.07, 6.45) is 1.47. The van der Waals surface area contributed by atoms with Crippen LogP contribution in [0.2, 0.25) is 0 Å². The average Bonchev–Trinajstić information content (AvgIpc) is 2.40. The monoisotopic (exact) mass is 289 g/mol. The molecule has 0 unspecified atom stereocenters. The molecule has 0 aliphatic carbocycles. The molecule has 0 spiro atoms. The Morgan fingerprint density at radius 2 is 2.10 bits per heavy atom. The molecule has 1 aromatic carbocycles. The molecule has 2 aromatic rings. The van der Waals surface area contributed by atoms with Crippen molar-refractivity contribution in [2.24, 2.45) is 0 Å². The van der Waals surface area contributed by atoms with Crippen molar-refractivity contribution in [1.29, 1.82) is 0 Å². The Morgan fingerprint density at radius 3 is 2.71 bits per heavy atom. The number of benzene rings is 1. The molecule has 0 saturated carbocycles. The molecule has 0 aliphatic heterocycles. The van der Waals surface area contributed by atoms with Crippen molar-refractivity contribution in [2.75, 3.05) is 5.32 Å². The molecule has 5 nitrogen and oxygen atoms in total. The number of hydrogen-bond acceptors (Lipinski definition) is 3. The standard InChI is InChI=1S/C15H16FN3O2/c1-10(2)18-15(20)19-12-6-7-14(17-9-12)21-13-5-3-4-11(16)8-13/h3-10H,1-2H3,(H2,18,19,20). The summed E-state index contributed by atoms with van der Waals surface area (Å²) in [6.45, 7) is 3.74. The summed E-state index contributed by atoms with van der Waals surface area (Å²) in [5.74, 6) is 0.298. The van der Waals surface area contributed by atoms with Crippen LogP contribution < -0.4 is 15.4 Å². The quantitative estimate of drug-likeness (QED) is 0.904. The van der Waals surface area contributed by atoms with Gasteiger partial charge >= 0.3 is 6.03 Å². The summed E-state index contributed by atoms with van der Waals surface area (Å²) in [4.78, 5) is 15.6. The number of hydrogen-bond donors (Lipinski definition) is 2. The number of halogens is 1. The fraction of sp³-hybridized carbons (Fsp3) is 0.200. The third-order valence-electron chi connectivity index (χ3n) is 2.43. The van der Waals surface area contributed by atoms with Gasteiger partial charge in [0.25, 0.3) is 0 Å². The van der Waals surface area contributed by atoms with Crippen molar-refractivity contribution in [1.82, 2.24) is 10.3 Å². The number of nitrogens with zero attached hydrogens (tertiary/aromatic N) is 1. The maximum Gasteiger partial charge on any atom is 0.319 e. The minimum Gasteiger partial charge on any atom is -0.439 e. The van der Waals surface area contributed by atoms with Crippen LogP contribution in [0.5, 0.6) is 11.6 Å². The molecule has 1 heterocycles. The lowest BCUT2D eigenvalue weighted by Gasteiger charge is -2.10. The van der Waals surface area contributed by atoms with Gasteiger partial charge in [0.1, 0.15) is 11.6 Å². The summed E-state index contributed by atoms with van der Waals surface area (Å²) < 4.78 is 18.4. The van der Waals surface area contributed by atoms with E-state index in [1.165, 1.54) is 18.3 Å². The van der Waals surface area contributed by atoms with Crippen LogP contribution in [0.4, 0.5) is 14.9 Å². The van der Waals surface area contributed by atoms with Crippen molar-refractivity contribution in [3.05, 3.63) is 48.4 Å². The molecule has 21 heavy (non-hydrogen) atoms. The lowest BCUT2D eigenvalue weighted by atomic mass is 10.3. The van der Waals surface area contributed by atoms with Crippen molar-refractivity contribution in [3.63, 3.8) is 0 Å². The van der Waals surface area contributed by atoms with Gasteiger partial charge in [-0.15, -0.1) is 0 Å². The minimum atomic E-state index is -0.379. The zero-order chi connectivity index (χ0) is 15.2. The maximum absolute atomic E-state index is 13.0. The first-order chi connectivity index (χ1) is 10.0. The number of carbonyl (C=O) groups is 1. The summed E-state index contributed by atoms with van der Waals surface area (Å²) in [5, 5.41) is 5.35. The first-order valence-corrected chi connectivity index (χ1v) is 6.50. The van der Waals surface area contributed by atoms with Gasteiger partial charge in [-0.2, -0.15) is 0 Å².